The number of rotatable bonds is 10. The summed E-state index contributed by atoms with van der Waals surface area (Å²) in [5.74, 6) is 0. The van der Waals surface area contributed by atoms with E-state index in [4.69, 9.17) is 40.6 Å². The van der Waals surface area contributed by atoms with Gasteiger partial charge in [0.25, 0.3) is 12.2 Å². The second-order valence-electron chi connectivity index (χ2n) is 5.60. The molecule has 0 aliphatic carbocycles. The monoisotopic (exact) mass is 474 g/mol. The fourth-order valence-corrected chi connectivity index (χ4v) is 3.94. The van der Waals surface area contributed by atoms with Crippen LogP contribution in [0, 0.1) is 4.91 Å². The number of H-pyrrole nitrogens is 1. The molecule has 17 heteroatoms. The van der Waals surface area contributed by atoms with Crippen molar-refractivity contribution < 1.29 is 32.3 Å². The van der Waals surface area contributed by atoms with Crippen LogP contribution in [0.4, 0.5) is 0 Å². The molecule has 1 aromatic rings. The minimum absolute atomic E-state index is 0.617. The smallest absolute Gasteiger partial charge is 0.374 e. The number of aromatic amines is 1. The Morgan fingerprint density at radius 2 is 2.00 bits per heavy atom. The summed E-state index contributed by atoms with van der Waals surface area (Å²) in [7, 11) is -0.405. The van der Waals surface area contributed by atoms with Crippen molar-refractivity contribution in [3.8, 4) is 0 Å². The van der Waals surface area contributed by atoms with E-state index in [0.29, 0.717) is 0 Å². The number of nitrogens with zero attached hydrogens (tertiary/aromatic N) is 2. The van der Waals surface area contributed by atoms with E-state index in [0.717, 1.165) is 17.7 Å². The Balaban J connectivity index is 2.39. The molecule has 1 aliphatic heterocycles. The lowest BCUT2D eigenvalue weighted by atomic mass is 10.2. The van der Waals surface area contributed by atoms with E-state index in [9.17, 15) is 19.1 Å². The Morgan fingerprint density at radius 3 is 2.52 bits per heavy atom. The highest BCUT2D eigenvalue weighted by atomic mass is 32.5. The molecule has 29 heavy (non-hydrogen) atoms. The number of aromatic nitrogens is 2. The highest BCUT2D eigenvalue weighted by Gasteiger charge is 2.50. The summed E-state index contributed by atoms with van der Waals surface area (Å²) >= 11 is 5.05. The van der Waals surface area contributed by atoms with E-state index in [1.165, 1.54) is 20.4 Å². The first-order valence-electron chi connectivity index (χ1n) is 7.83. The number of nitrogens with two attached hydrogens (primary N) is 1. The first-order chi connectivity index (χ1) is 13.6. The SMILES string of the molecule is COC1[C@H](n2ccc(=O)[nH]c2=O)O[C@H](OCP(=O)(N=O)OC)[C@H]1OP(N)(=S)OC. The lowest BCUT2D eigenvalue weighted by Crippen LogP contribution is -2.40. The molecule has 1 fully saturated rings. The molecule has 2 heterocycles. The van der Waals surface area contributed by atoms with Crippen LogP contribution in [-0.2, 0) is 44.2 Å². The van der Waals surface area contributed by atoms with Gasteiger partial charge in [0.1, 0.15) is 18.6 Å². The normalized spacial score (nSPS) is 28.6. The third-order valence-electron chi connectivity index (χ3n) is 3.88. The fraction of sp³-hybridized carbons (Fsp3) is 0.667. The van der Waals surface area contributed by atoms with Crippen LogP contribution in [0.15, 0.2) is 26.8 Å². The minimum Gasteiger partial charge on any atom is -0.374 e. The molecule has 0 aromatic carbocycles. The van der Waals surface area contributed by atoms with Gasteiger partial charge >= 0.3 is 13.2 Å². The van der Waals surface area contributed by atoms with Gasteiger partial charge in [-0.05, 0) is 11.8 Å². The Bertz CT molecular complexity index is 938. The number of ether oxygens (including phenoxy) is 3. The van der Waals surface area contributed by atoms with Gasteiger partial charge < -0.3 is 27.8 Å². The molecule has 1 aliphatic rings. The van der Waals surface area contributed by atoms with Crippen LogP contribution >= 0.6 is 14.2 Å². The second kappa shape index (κ2) is 9.79. The van der Waals surface area contributed by atoms with Crippen molar-refractivity contribution in [2.45, 2.75) is 24.7 Å². The van der Waals surface area contributed by atoms with Crippen LogP contribution in [0.2, 0.25) is 0 Å². The van der Waals surface area contributed by atoms with Crippen LogP contribution in [0.3, 0.4) is 0 Å². The fourth-order valence-electron chi connectivity index (χ4n) is 2.45. The van der Waals surface area contributed by atoms with Crippen LogP contribution in [-0.4, -0.2) is 55.7 Å². The minimum atomic E-state index is -3.98. The van der Waals surface area contributed by atoms with Crippen molar-refractivity contribution >= 4 is 26.0 Å². The van der Waals surface area contributed by atoms with E-state index in [-0.39, 0.29) is 0 Å². The van der Waals surface area contributed by atoms with Gasteiger partial charge in [0.15, 0.2) is 12.5 Å². The predicted octanol–water partition coefficient (Wildman–Crippen LogP) is 0.201. The largest absolute Gasteiger partial charge is 0.377 e. The topological polar surface area (TPSA) is 183 Å². The van der Waals surface area contributed by atoms with Gasteiger partial charge in [-0.3, -0.25) is 24.4 Å². The Hall–Kier alpha value is -1.12. The molecular formula is C12H20N4O10P2S. The molecule has 0 saturated carbocycles. The molecule has 1 aromatic heterocycles. The lowest BCUT2D eigenvalue weighted by molar-refractivity contribution is -0.164. The van der Waals surface area contributed by atoms with Gasteiger partial charge in [-0.1, -0.05) is 0 Å². The summed E-state index contributed by atoms with van der Waals surface area (Å²) in [4.78, 5) is 38.7. The average Bonchev–Trinajstić information content (AvgIpc) is 3.02. The average molecular weight is 474 g/mol. The van der Waals surface area contributed by atoms with E-state index in [1.54, 1.807) is 0 Å². The molecule has 0 amide bonds. The summed E-state index contributed by atoms with van der Waals surface area (Å²) in [5.41, 5.74) is 4.39. The van der Waals surface area contributed by atoms with E-state index in [2.05, 4.69) is 14.5 Å². The maximum absolute atomic E-state index is 12.2. The number of nitrogens with one attached hydrogen (secondary N) is 1. The first kappa shape index (κ1) is 24.2. The third-order valence-corrected chi connectivity index (χ3v) is 6.93. The summed E-state index contributed by atoms with van der Waals surface area (Å²) in [5, 5.41) is 0. The van der Waals surface area contributed by atoms with Crippen molar-refractivity contribution in [2.24, 2.45) is 10.5 Å². The van der Waals surface area contributed by atoms with Gasteiger partial charge in [0, 0.05) is 38.5 Å². The molecular weight excluding hydrogens is 454 g/mol. The Labute approximate surface area is 169 Å². The third kappa shape index (κ3) is 5.73. The molecule has 0 bridgehead atoms. The van der Waals surface area contributed by atoms with Crippen molar-refractivity contribution in [1.29, 1.82) is 0 Å². The van der Waals surface area contributed by atoms with Gasteiger partial charge in [0.2, 0.25) is 0 Å². The molecule has 6 atom stereocenters. The zero-order valence-corrected chi connectivity index (χ0v) is 18.1. The molecule has 2 rings (SSSR count). The molecule has 3 N–H and O–H groups in total. The number of hydrogen-bond donors (Lipinski definition) is 2. The maximum atomic E-state index is 12.2. The highest BCUT2D eigenvalue weighted by Crippen LogP contribution is 2.50. The zero-order chi connectivity index (χ0) is 21.8. The first-order valence-corrected chi connectivity index (χ1v) is 12.3. The predicted molar refractivity (Wildman–Crippen MR) is 103 cm³/mol. The second-order valence-corrected chi connectivity index (χ2v) is 10.8. The molecule has 3 unspecified atom stereocenters. The summed E-state index contributed by atoms with van der Waals surface area (Å²) < 4.78 is 44.6. The lowest BCUT2D eigenvalue weighted by Gasteiger charge is -2.27. The Morgan fingerprint density at radius 1 is 1.31 bits per heavy atom. The van der Waals surface area contributed by atoms with Crippen molar-refractivity contribution in [3.63, 3.8) is 0 Å². The maximum Gasteiger partial charge on any atom is 0.377 e. The van der Waals surface area contributed by atoms with Crippen LogP contribution < -0.4 is 16.8 Å². The van der Waals surface area contributed by atoms with E-state index >= 15 is 0 Å². The number of methoxy groups -OCH3 is 1. The van der Waals surface area contributed by atoms with Crippen LogP contribution in [0.5, 0.6) is 0 Å². The molecule has 1 saturated heterocycles. The quantitative estimate of drug-likeness (QED) is 0.347. The standard InChI is InChI=1S/C12H20N4O10P2S/c1-21-8-9(26-28(13,29)23-3)11(24-6-27(20,15-19)22-2)25-10(8)16-5-4-7(17)14-12(16)18/h4-5,8-11H,6H2,1-3H3,(H2,13,29)(H,14,17,18)/t8?,9-,10+,11-,27?,28?/m0/s1. The molecule has 164 valence electrons. The highest BCUT2D eigenvalue weighted by molar-refractivity contribution is 8.08. The van der Waals surface area contributed by atoms with Gasteiger partial charge in [-0.15, -0.1) is 4.91 Å². The van der Waals surface area contributed by atoms with Crippen molar-refractivity contribution in [1.82, 2.24) is 9.55 Å². The summed E-state index contributed by atoms with van der Waals surface area (Å²) in [6, 6.07) is 1.10. The molecule has 0 spiro atoms. The van der Waals surface area contributed by atoms with Gasteiger partial charge in [0.05, 0.1) is 0 Å². The summed E-state index contributed by atoms with van der Waals surface area (Å²) in [6.45, 7) is -3.26. The van der Waals surface area contributed by atoms with Crippen molar-refractivity contribution in [2.75, 3.05) is 27.7 Å². The number of nitroso groups, excluding NO2 is 1. The Kier molecular flexibility index (Phi) is 8.15. The van der Waals surface area contributed by atoms with Crippen molar-refractivity contribution in [3.05, 3.63) is 38.0 Å². The van der Waals surface area contributed by atoms with E-state index < -0.39 is 56.5 Å². The van der Waals surface area contributed by atoms with Crippen LogP contribution in [0.1, 0.15) is 6.23 Å². The van der Waals surface area contributed by atoms with E-state index in [1.807, 2.05) is 0 Å². The van der Waals surface area contributed by atoms with Gasteiger partial charge in [-0.25, -0.2) is 4.79 Å². The zero-order valence-electron chi connectivity index (χ0n) is 15.5. The van der Waals surface area contributed by atoms with Crippen LogP contribution in [0.25, 0.3) is 0 Å². The summed E-state index contributed by atoms with van der Waals surface area (Å²) in [6.07, 6.45) is -4.25. The molecule has 14 nitrogen and oxygen atoms in total. The number of hydrogen-bond acceptors (Lipinski definition) is 11. The van der Waals surface area contributed by atoms with Gasteiger partial charge in [-0.2, -0.15) is 0 Å². The molecule has 0 radical (unpaired) electrons.